The summed E-state index contributed by atoms with van der Waals surface area (Å²) in [5.74, 6) is -0.0525. The van der Waals surface area contributed by atoms with E-state index in [0.29, 0.717) is 24.0 Å². The molecule has 1 aliphatic rings. The number of morpholine rings is 1. The maximum Gasteiger partial charge on any atom is 0.261 e. The van der Waals surface area contributed by atoms with Gasteiger partial charge in [0.25, 0.3) is 5.56 Å². The minimum atomic E-state index is -0.110. The molecule has 0 atom stereocenters. The van der Waals surface area contributed by atoms with Gasteiger partial charge in [0.15, 0.2) is 0 Å². The zero-order valence-electron chi connectivity index (χ0n) is 13.6. The van der Waals surface area contributed by atoms with Gasteiger partial charge in [-0.1, -0.05) is 12.1 Å². The monoisotopic (exact) mass is 330 g/mol. The van der Waals surface area contributed by atoms with Gasteiger partial charge in [0.05, 0.1) is 30.4 Å². The highest BCUT2D eigenvalue weighted by atomic mass is 16.5. The van der Waals surface area contributed by atoms with Crippen LogP contribution in [0.15, 0.2) is 35.4 Å². The number of carbonyl (C=O) groups excluding carboxylic acids is 1. The molecule has 1 N–H and O–H groups in total. The van der Waals surface area contributed by atoms with Gasteiger partial charge in [-0.3, -0.25) is 19.1 Å². The van der Waals surface area contributed by atoms with Gasteiger partial charge in [0, 0.05) is 39.1 Å². The van der Waals surface area contributed by atoms with Gasteiger partial charge in [-0.15, -0.1) is 0 Å². The number of aromatic nitrogens is 2. The molecule has 1 fully saturated rings. The smallest absolute Gasteiger partial charge is 0.261 e. The zero-order valence-corrected chi connectivity index (χ0v) is 13.6. The van der Waals surface area contributed by atoms with Crippen LogP contribution in [-0.4, -0.2) is 59.8 Å². The van der Waals surface area contributed by atoms with Crippen LogP contribution in [0.5, 0.6) is 0 Å². The molecule has 0 bridgehead atoms. The molecule has 0 unspecified atom stereocenters. The number of aryl methyl sites for hydroxylation is 1. The molecule has 2 heterocycles. The average molecular weight is 330 g/mol. The molecule has 1 aliphatic heterocycles. The minimum Gasteiger partial charge on any atom is -0.379 e. The van der Waals surface area contributed by atoms with E-state index in [1.54, 1.807) is 12.1 Å². The summed E-state index contributed by atoms with van der Waals surface area (Å²) in [6.45, 7) is 5.11. The Hall–Kier alpha value is -2.25. The first-order valence-electron chi connectivity index (χ1n) is 8.25. The number of rotatable bonds is 6. The lowest BCUT2D eigenvalue weighted by Crippen LogP contribution is -2.41. The van der Waals surface area contributed by atoms with E-state index in [9.17, 15) is 9.59 Å². The number of nitrogens with one attached hydrogen (secondary N) is 1. The number of hydrogen-bond donors (Lipinski definition) is 1. The molecule has 0 spiro atoms. The standard InChI is InChI=1S/C17H22N4O3/c22-16(18-6-8-20-9-11-24-12-10-20)5-7-21-13-19-15-4-2-1-3-14(15)17(21)23/h1-4,13H,5-12H2,(H,18,22). The third-order valence-corrected chi connectivity index (χ3v) is 4.17. The number of fused-ring (bicyclic) bond motifs is 1. The second kappa shape index (κ2) is 8.03. The van der Waals surface area contributed by atoms with E-state index in [-0.39, 0.29) is 17.9 Å². The van der Waals surface area contributed by atoms with E-state index in [4.69, 9.17) is 4.74 Å². The van der Waals surface area contributed by atoms with Crippen LogP contribution in [0.2, 0.25) is 0 Å². The fraction of sp³-hybridized carbons (Fsp3) is 0.471. The van der Waals surface area contributed by atoms with Crippen LogP contribution >= 0.6 is 0 Å². The van der Waals surface area contributed by atoms with Gasteiger partial charge in [-0.05, 0) is 12.1 Å². The van der Waals surface area contributed by atoms with Crippen LogP contribution in [0.1, 0.15) is 6.42 Å². The normalized spacial score (nSPS) is 15.5. The summed E-state index contributed by atoms with van der Waals surface area (Å²) in [7, 11) is 0. The van der Waals surface area contributed by atoms with Crippen LogP contribution in [0.4, 0.5) is 0 Å². The van der Waals surface area contributed by atoms with Crippen molar-refractivity contribution >= 4 is 16.8 Å². The van der Waals surface area contributed by atoms with Crippen molar-refractivity contribution in [1.82, 2.24) is 19.8 Å². The van der Waals surface area contributed by atoms with Crippen LogP contribution in [0.3, 0.4) is 0 Å². The fourth-order valence-electron chi connectivity index (χ4n) is 2.75. The lowest BCUT2D eigenvalue weighted by Gasteiger charge is -2.26. The van der Waals surface area contributed by atoms with Crippen molar-refractivity contribution in [3.8, 4) is 0 Å². The summed E-state index contributed by atoms with van der Waals surface area (Å²) in [6.07, 6.45) is 1.77. The lowest BCUT2D eigenvalue weighted by atomic mass is 10.2. The molecule has 0 aliphatic carbocycles. The predicted molar refractivity (Wildman–Crippen MR) is 90.9 cm³/mol. The molecule has 2 aromatic rings. The summed E-state index contributed by atoms with van der Waals surface area (Å²) in [6, 6.07) is 7.22. The Balaban J connectivity index is 1.47. The Labute approximate surface area is 140 Å². The van der Waals surface area contributed by atoms with E-state index < -0.39 is 0 Å². The molecule has 1 amide bonds. The second-order valence-corrected chi connectivity index (χ2v) is 5.81. The molecular formula is C17H22N4O3. The van der Waals surface area contributed by atoms with Crippen molar-refractivity contribution < 1.29 is 9.53 Å². The Morgan fingerprint density at radius 2 is 2.00 bits per heavy atom. The van der Waals surface area contributed by atoms with E-state index >= 15 is 0 Å². The minimum absolute atomic E-state index is 0.0525. The highest BCUT2D eigenvalue weighted by Crippen LogP contribution is 2.04. The Bertz CT molecular complexity index is 753. The number of benzene rings is 1. The maximum absolute atomic E-state index is 12.3. The van der Waals surface area contributed by atoms with E-state index in [1.165, 1.54) is 10.9 Å². The Morgan fingerprint density at radius 3 is 2.83 bits per heavy atom. The summed E-state index contributed by atoms with van der Waals surface area (Å²) in [4.78, 5) is 30.8. The lowest BCUT2D eigenvalue weighted by molar-refractivity contribution is -0.121. The number of amides is 1. The summed E-state index contributed by atoms with van der Waals surface area (Å²) in [5.41, 5.74) is 0.565. The van der Waals surface area contributed by atoms with E-state index in [1.807, 2.05) is 12.1 Å². The van der Waals surface area contributed by atoms with Crippen LogP contribution in [-0.2, 0) is 16.1 Å². The molecule has 3 rings (SSSR count). The number of carbonyl (C=O) groups is 1. The molecule has 1 saturated heterocycles. The second-order valence-electron chi connectivity index (χ2n) is 5.81. The van der Waals surface area contributed by atoms with Crippen molar-refractivity contribution in [3.63, 3.8) is 0 Å². The molecule has 0 radical (unpaired) electrons. The molecule has 7 heteroatoms. The van der Waals surface area contributed by atoms with Crippen molar-refractivity contribution in [1.29, 1.82) is 0 Å². The van der Waals surface area contributed by atoms with Gasteiger partial charge in [0.1, 0.15) is 0 Å². The quantitative estimate of drug-likeness (QED) is 0.821. The molecule has 7 nitrogen and oxygen atoms in total. The van der Waals surface area contributed by atoms with Crippen LogP contribution < -0.4 is 10.9 Å². The molecule has 24 heavy (non-hydrogen) atoms. The van der Waals surface area contributed by atoms with Gasteiger partial charge >= 0.3 is 0 Å². The largest absolute Gasteiger partial charge is 0.379 e. The van der Waals surface area contributed by atoms with Crippen LogP contribution in [0, 0.1) is 0 Å². The maximum atomic E-state index is 12.3. The average Bonchev–Trinajstić information content (AvgIpc) is 2.62. The van der Waals surface area contributed by atoms with Crippen LogP contribution in [0.25, 0.3) is 10.9 Å². The molecule has 1 aromatic carbocycles. The Kier molecular flexibility index (Phi) is 5.55. The topological polar surface area (TPSA) is 76.5 Å². The van der Waals surface area contributed by atoms with E-state index in [2.05, 4.69) is 15.2 Å². The first kappa shape index (κ1) is 16.6. The highest BCUT2D eigenvalue weighted by Gasteiger charge is 2.10. The van der Waals surface area contributed by atoms with Crippen molar-refractivity contribution in [2.45, 2.75) is 13.0 Å². The van der Waals surface area contributed by atoms with E-state index in [0.717, 1.165) is 32.8 Å². The number of hydrogen-bond acceptors (Lipinski definition) is 5. The summed E-state index contributed by atoms with van der Waals surface area (Å²) >= 11 is 0. The first-order valence-corrected chi connectivity index (χ1v) is 8.25. The third-order valence-electron chi connectivity index (χ3n) is 4.17. The molecule has 0 saturated carbocycles. The SMILES string of the molecule is O=C(CCn1cnc2ccccc2c1=O)NCCN1CCOCC1. The van der Waals surface area contributed by atoms with Gasteiger partial charge in [0.2, 0.25) is 5.91 Å². The molecule has 128 valence electrons. The highest BCUT2D eigenvalue weighted by molar-refractivity contribution is 5.77. The van der Waals surface area contributed by atoms with Gasteiger partial charge < -0.3 is 10.1 Å². The molecular weight excluding hydrogens is 308 g/mol. The first-order chi connectivity index (χ1) is 11.7. The Morgan fingerprint density at radius 1 is 1.21 bits per heavy atom. The van der Waals surface area contributed by atoms with Gasteiger partial charge in [-0.25, -0.2) is 4.98 Å². The third kappa shape index (κ3) is 4.18. The van der Waals surface area contributed by atoms with Gasteiger partial charge in [-0.2, -0.15) is 0 Å². The van der Waals surface area contributed by atoms with Crippen molar-refractivity contribution in [3.05, 3.63) is 40.9 Å². The van der Waals surface area contributed by atoms with Crippen molar-refractivity contribution in [2.24, 2.45) is 0 Å². The zero-order chi connectivity index (χ0) is 16.8. The fourth-order valence-corrected chi connectivity index (χ4v) is 2.75. The number of para-hydroxylation sites is 1. The number of nitrogens with zero attached hydrogens (tertiary/aromatic N) is 3. The van der Waals surface area contributed by atoms with Crippen molar-refractivity contribution in [2.75, 3.05) is 39.4 Å². The summed E-state index contributed by atoms with van der Waals surface area (Å²) in [5, 5.41) is 3.48. The molecule has 1 aromatic heterocycles. The number of ether oxygens (including phenoxy) is 1. The predicted octanol–water partition coefficient (Wildman–Crippen LogP) is 0.235. The summed E-state index contributed by atoms with van der Waals surface area (Å²) < 4.78 is 6.78.